The average Bonchev–Trinajstić information content (AvgIpc) is 2.79. The van der Waals surface area contributed by atoms with E-state index in [1.165, 1.54) is 4.88 Å². The first-order valence-corrected chi connectivity index (χ1v) is 7.07. The summed E-state index contributed by atoms with van der Waals surface area (Å²) in [6.45, 7) is 6.63. The molecule has 2 atom stereocenters. The van der Waals surface area contributed by atoms with E-state index in [-0.39, 0.29) is 18.0 Å². The van der Waals surface area contributed by atoms with Gasteiger partial charge in [0.2, 0.25) is 5.91 Å². The summed E-state index contributed by atoms with van der Waals surface area (Å²) in [5, 5.41) is 8.27. The molecule has 0 aliphatic rings. The van der Waals surface area contributed by atoms with Gasteiger partial charge in [-0.1, -0.05) is 19.4 Å². The van der Waals surface area contributed by atoms with Crippen molar-refractivity contribution in [2.45, 2.75) is 45.7 Å². The summed E-state index contributed by atoms with van der Waals surface area (Å²) in [5.74, 6) is 0.0781. The Morgan fingerprint density at radius 2 is 2.24 bits per heavy atom. The lowest BCUT2D eigenvalue weighted by Crippen LogP contribution is -2.39. The highest BCUT2D eigenvalue weighted by Gasteiger charge is 2.09. The SMILES string of the molecule is CCCC(C)NC(=O)CN[C@@H](C)c1cccs1. The van der Waals surface area contributed by atoms with Gasteiger partial charge >= 0.3 is 0 Å². The molecule has 96 valence electrons. The van der Waals surface area contributed by atoms with E-state index in [0.29, 0.717) is 6.54 Å². The summed E-state index contributed by atoms with van der Waals surface area (Å²) in [5.41, 5.74) is 0. The Labute approximate surface area is 108 Å². The number of rotatable bonds is 7. The van der Waals surface area contributed by atoms with Crippen molar-refractivity contribution in [1.29, 1.82) is 0 Å². The lowest BCUT2D eigenvalue weighted by atomic mass is 10.2. The molecule has 0 saturated carbocycles. The number of amides is 1. The molecule has 0 aliphatic heterocycles. The van der Waals surface area contributed by atoms with Crippen molar-refractivity contribution in [3.8, 4) is 0 Å². The smallest absolute Gasteiger partial charge is 0.234 e. The van der Waals surface area contributed by atoms with Crippen LogP contribution < -0.4 is 10.6 Å². The van der Waals surface area contributed by atoms with Crippen molar-refractivity contribution >= 4 is 17.2 Å². The van der Waals surface area contributed by atoms with Gasteiger partial charge in [0.1, 0.15) is 0 Å². The van der Waals surface area contributed by atoms with Crippen molar-refractivity contribution in [3.05, 3.63) is 22.4 Å². The van der Waals surface area contributed by atoms with Gasteiger partial charge in [0, 0.05) is 17.0 Å². The lowest BCUT2D eigenvalue weighted by molar-refractivity contribution is -0.121. The number of thiophene rings is 1. The minimum Gasteiger partial charge on any atom is -0.353 e. The molecule has 17 heavy (non-hydrogen) atoms. The molecule has 4 heteroatoms. The van der Waals surface area contributed by atoms with Crippen LogP contribution in [0.2, 0.25) is 0 Å². The zero-order valence-corrected chi connectivity index (χ0v) is 11.6. The Morgan fingerprint density at radius 3 is 2.82 bits per heavy atom. The van der Waals surface area contributed by atoms with Crippen LogP contribution in [0.1, 0.15) is 44.5 Å². The van der Waals surface area contributed by atoms with Crippen LogP contribution in [0.3, 0.4) is 0 Å². The first kappa shape index (κ1) is 14.2. The summed E-state index contributed by atoms with van der Waals surface area (Å²) in [4.78, 5) is 12.9. The van der Waals surface area contributed by atoms with E-state index >= 15 is 0 Å². The van der Waals surface area contributed by atoms with E-state index in [1.54, 1.807) is 11.3 Å². The molecule has 1 rings (SSSR count). The van der Waals surface area contributed by atoms with Gasteiger partial charge in [-0.3, -0.25) is 4.79 Å². The van der Waals surface area contributed by atoms with E-state index in [1.807, 2.05) is 13.0 Å². The van der Waals surface area contributed by atoms with Crippen molar-refractivity contribution in [2.24, 2.45) is 0 Å². The number of carbonyl (C=O) groups is 1. The minimum absolute atomic E-state index is 0.0781. The highest BCUT2D eigenvalue weighted by molar-refractivity contribution is 7.10. The van der Waals surface area contributed by atoms with E-state index in [4.69, 9.17) is 0 Å². The maximum Gasteiger partial charge on any atom is 0.234 e. The third kappa shape index (κ3) is 5.33. The average molecular weight is 254 g/mol. The Kier molecular flexibility index (Phi) is 6.22. The van der Waals surface area contributed by atoms with Gasteiger partial charge in [-0.25, -0.2) is 0 Å². The quantitative estimate of drug-likeness (QED) is 0.785. The molecule has 0 fully saturated rings. The standard InChI is InChI=1S/C13H22N2OS/c1-4-6-10(2)15-13(16)9-14-11(3)12-7-5-8-17-12/h5,7-8,10-11,14H,4,6,9H2,1-3H3,(H,15,16)/t10?,11-/m0/s1. The second-order valence-corrected chi connectivity index (χ2v) is 5.35. The molecule has 0 spiro atoms. The third-order valence-electron chi connectivity index (χ3n) is 2.67. The Morgan fingerprint density at radius 1 is 1.47 bits per heavy atom. The fraction of sp³-hybridized carbons (Fsp3) is 0.615. The molecule has 0 aromatic carbocycles. The van der Waals surface area contributed by atoms with Gasteiger partial charge in [-0.05, 0) is 31.7 Å². The minimum atomic E-state index is 0.0781. The number of hydrogen-bond donors (Lipinski definition) is 2. The summed E-state index contributed by atoms with van der Waals surface area (Å²) in [7, 11) is 0. The first-order chi connectivity index (χ1) is 8.13. The van der Waals surface area contributed by atoms with Gasteiger partial charge < -0.3 is 10.6 Å². The topological polar surface area (TPSA) is 41.1 Å². The van der Waals surface area contributed by atoms with Gasteiger partial charge in [-0.2, -0.15) is 0 Å². The second-order valence-electron chi connectivity index (χ2n) is 4.38. The molecular formula is C13H22N2OS. The van der Waals surface area contributed by atoms with Gasteiger partial charge in [-0.15, -0.1) is 11.3 Å². The maximum absolute atomic E-state index is 11.6. The lowest BCUT2D eigenvalue weighted by Gasteiger charge is -2.15. The Bertz CT molecular complexity index is 324. The zero-order chi connectivity index (χ0) is 12.7. The summed E-state index contributed by atoms with van der Waals surface area (Å²) >= 11 is 1.71. The van der Waals surface area contributed by atoms with Gasteiger partial charge in [0.25, 0.3) is 0 Å². The van der Waals surface area contributed by atoms with Crippen molar-refractivity contribution < 1.29 is 4.79 Å². The van der Waals surface area contributed by atoms with E-state index in [0.717, 1.165) is 12.8 Å². The summed E-state index contributed by atoms with van der Waals surface area (Å²) in [6, 6.07) is 4.62. The van der Waals surface area contributed by atoms with E-state index in [2.05, 4.69) is 35.9 Å². The molecule has 0 bridgehead atoms. The number of hydrogen-bond acceptors (Lipinski definition) is 3. The zero-order valence-electron chi connectivity index (χ0n) is 10.8. The van der Waals surface area contributed by atoms with Crippen LogP contribution in [-0.2, 0) is 4.79 Å². The molecule has 2 N–H and O–H groups in total. The largest absolute Gasteiger partial charge is 0.353 e. The number of carbonyl (C=O) groups excluding carboxylic acids is 1. The van der Waals surface area contributed by atoms with Crippen molar-refractivity contribution in [2.75, 3.05) is 6.54 Å². The van der Waals surface area contributed by atoms with Gasteiger partial charge in [0.15, 0.2) is 0 Å². The molecule has 0 radical (unpaired) electrons. The normalized spacial score (nSPS) is 14.3. The van der Waals surface area contributed by atoms with E-state index in [9.17, 15) is 4.79 Å². The monoisotopic (exact) mass is 254 g/mol. The third-order valence-corrected chi connectivity index (χ3v) is 3.72. The Balaban J connectivity index is 2.24. The molecule has 1 amide bonds. The molecule has 1 aromatic heterocycles. The first-order valence-electron chi connectivity index (χ1n) is 6.19. The van der Waals surface area contributed by atoms with Gasteiger partial charge in [0.05, 0.1) is 6.54 Å². The highest BCUT2D eigenvalue weighted by atomic mass is 32.1. The molecular weight excluding hydrogens is 232 g/mol. The van der Waals surface area contributed by atoms with Crippen LogP contribution in [-0.4, -0.2) is 18.5 Å². The van der Waals surface area contributed by atoms with Crippen LogP contribution in [0.5, 0.6) is 0 Å². The fourth-order valence-electron chi connectivity index (χ4n) is 1.72. The molecule has 0 aliphatic carbocycles. The van der Waals surface area contributed by atoms with Crippen LogP contribution in [0.15, 0.2) is 17.5 Å². The molecule has 1 unspecified atom stereocenters. The predicted molar refractivity (Wildman–Crippen MR) is 73.2 cm³/mol. The predicted octanol–water partition coefficient (Wildman–Crippen LogP) is 2.70. The highest BCUT2D eigenvalue weighted by Crippen LogP contribution is 2.17. The number of nitrogens with one attached hydrogen (secondary N) is 2. The summed E-state index contributed by atoms with van der Waals surface area (Å²) < 4.78 is 0. The Hall–Kier alpha value is -0.870. The molecule has 0 saturated heterocycles. The van der Waals surface area contributed by atoms with Crippen molar-refractivity contribution in [3.63, 3.8) is 0 Å². The molecule has 1 aromatic rings. The van der Waals surface area contributed by atoms with Crippen molar-refractivity contribution in [1.82, 2.24) is 10.6 Å². The fourth-order valence-corrected chi connectivity index (χ4v) is 2.47. The van der Waals surface area contributed by atoms with E-state index < -0.39 is 0 Å². The molecule has 1 heterocycles. The van der Waals surface area contributed by atoms with Crippen LogP contribution >= 0.6 is 11.3 Å². The van der Waals surface area contributed by atoms with Crippen LogP contribution in [0.4, 0.5) is 0 Å². The van der Waals surface area contributed by atoms with Crippen LogP contribution in [0.25, 0.3) is 0 Å². The molecule has 3 nitrogen and oxygen atoms in total. The maximum atomic E-state index is 11.6. The van der Waals surface area contributed by atoms with Crippen LogP contribution in [0, 0.1) is 0 Å². The second kappa shape index (κ2) is 7.45. The summed E-state index contributed by atoms with van der Waals surface area (Å²) in [6.07, 6.45) is 2.13.